The van der Waals surface area contributed by atoms with Crippen LogP contribution in [-0.2, 0) is 9.53 Å². The Morgan fingerprint density at radius 2 is 1.83 bits per heavy atom. The Kier molecular flexibility index (Phi) is 10.2. The molecule has 1 aliphatic rings. The van der Waals surface area contributed by atoms with Crippen LogP contribution in [0.15, 0.2) is 12.2 Å². The van der Waals surface area contributed by atoms with Gasteiger partial charge in [0.25, 0.3) is 0 Å². The van der Waals surface area contributed by atoms with Crippen LogP contribution in [0.25, 0.3) is 0 Å². The lowest BCUT2D eigenvalue weighted by molar-refractivity contribution is -0.143. The van der Waals surface area contributed by atoms with Gasteiger partial charge in [-0.3, -0.25) is 0 Å². The highest BCUT2D eigenvalue weighted by Crippen LogP contribution is 2.18. The maximum absolute atomic E-state index is 11.8. The molecule has 0 saturated heterocycles. The van der Waals surface area contributed by atoms with Crippen molar-refractivity contribution in [2.75, 3.05) is 0 Å². The third-order valence-electron chi connectivity index (χ3n) is 4.23. The number of hydrogen-bond donors (Lipinski definition) is 3. The molecule has 5 heteroatoms. The molecule has 0 aromatic carbocycles. The first-order valence-electron chi connectivity index (χ1n) is 8.92. The molecule has 0 aliphatic carbocycles. The molecule has 1 aliphatic heterocycles. The van der Waals surface area contributed by atoms with Gasteiger partial charge in [0.05, 0.1) is 18.3 Å². The molecule has 0 saturated carbocycles. The lowest BCUT2D eigenvalue weighted by Gasteiger charge is -2.21. The SMILES string of the molecule is CCCCC[C@@H]1CCCC(O)C[C@@H](O)C[C@H](O)CC=CC(=O)O1. The van der Waals surface area contributed by atoms with E-state index in [9.17, 15) is 20.1 Å². The standard InChI is InChI=1S/C18H32O5/c1-2-3-4-9-17-10-5-7-14(19)12-16(21)13-15(20)8-6-11-18(22)23-17/h6,11,14-17,19-21H,2-5,7-10,12-13H2,1H3/t14?,15-,16-,17-/m1/s1. The van der Waals surface area contributed by atoms with Crippen molar-refractivity contribution >= 4 is 5.97 Å². The van der Waals surface area contributed by atoms with Gasteiger partial charge in [-0.1, -0.05) is 25.8 Å². The van der Waals surface area contributed by atoms with E-state index >= 15 is 0 Å². The van der Waals surface area contributed by atoms with Gasteiger partial charge in [-0.25, -0.2) is 4.79 Å². The van der Waals surface area contributed by atoms with Crippen LogP contribution in [0.2, 0.25) is 0 Å². The number of esters is 1. The van der Waals surface area contributed by atoms with E-state index in [4.69, 9.17) is 4.74 Å². The Morgan fingerprint density at radius 3 is 2.57 bits per heavy atom. The molecule has 0 bridgehead atoms. The summed E-state index contributed by atoms with van der Waals surface area (Å²) in [5.74, 6) is -0.378. The summed E-state index contributed by atoms with van der Waals surface area (Å²) in [5.41, 5.74) is 0. The van der Waals surface area contributed by atoms with Crippen molar-refractivity contribution in [2.24, 2.45) is 0 Å². The van der Waals surface area contributed by atoms with Crippen molar-refractivity contribution in [3.05, 3.63) is 12.2 Å². The van der Waals surface area contributed by atoms with Crippen LogP contribution in [0.3, 0.4) is 0 Å². The molecule has 5 nitrogen and oxygen atoms in total. The zero-order valence-corrected chi connectivity index (χ0v) is 14.2. The number of aliphatic hydroxyl groups excluding tert-OH is 3. The predicted molar refractivity (Wildman–Crippen MR) is 88.9 cm³/mol. The summed E-state index contributed by atoms with van der Waals surface area (Å²) in [5, 5.41) is 29.6. The summed E-state index contributed by atoms with van der Waals surface area (Å²) < 4.78 is 5.50. The van der Waals surface area contributed by atoms with Crippen LogP contribution in [0.1, 0.15) is 71.1 Å². The second-order valence-corrected chi connectivity index (χ2v) is 6.56. The highest BCUT2D eigenvalue weighted by Gasteiger charge is 2.18. The van der Waals surface area contributed by atoms with Crippen LogP contribution in [0.4, 0.5) is 0 Å². The fourth-order valence-corrected chi connectivity index (χ4v) is 2.93. The maximum Gasteiger partial charge on any atom is 0.330 e. The minimum Gasteiger partial charge on any atom is -0.459 e. The number of cyclic esters (lactones) is 1. The number of hydrogen-bond acceptors (Lipinski definition) is 5. The summed E-state index contributed by atoms with van der Waals surface area (Å²) in [6.07, 6.45) is 7.76. The minimum atomic E-state index is -0.719. The Labute approximate surface area is 139 Å². The van der Waals surface area contributed by atoms with E-state index < -0.39 is 18.3 Å². The van der Waals surface area contributed by atoms with Gasteiger partial charge in [0.15, 0.2) is 0 Å². The average molecular weight is 328 g/mol. The van der Waals surface area contributed by atoms with Gasteiger partial charge in [-0.2, -0.15) is 0 Å². The van der Waals surface area contributed by atoms with Crippen LogP contribution < -0.4 is 0 Å². The first-order valence-corrected chi connectivity index (χ1v) is 8.92. The molecule has 3 N–H and O–H groups in total. The monoisotopic (exact) mass is 328 g/mol. The van der Waals surface area contributed by atoms with Gasteiger partial charge < -0.3 is 20.1 Å². The summed E-state index contributed by atoms with van der Waals surface area (Å²) in [7, 11) is 0. The Bertz CT molecular complexity index is 355. The predicted octanol–water partition coefficient (Wildman–Crippen LogP) is 2.47. The number of carbonyl (C=O) groups excluding carboxylic acids is 1. The Hall–Kier alpha value is -0.910. The third-order valence-corrected chi connectivity index (χ3v) is 4.23. The number of unbranched alkanes of at least 4 members (excludes halogenated alkanes) is 2. The molecule has 1 rings (SSSR count). The first kappa shape index (κ1) is 20.1. The molecular weight excluding hydrogens is 296 g/mol. The molecule has 0 amide bonds. The molecule has 0 spiro atoms. The fraction of sp³-hybridized carbons (Fsp3) is 0.833. The van der Waals surface area contributed by atoms with Crippen molar-refractivity contribution in [3.8, 4) is 0 Å². The maximum atomic E-state index is 11.8. The summed E-state index contributed by atoms with van der Waals surface area (Å²) >= 11 is 0. The molecule has 0 aromatic heterocycles. The normalized spacial score (nSPS) is 31.4. The summed E-state index contributed by atoms with van der Waals surface area (Å²) in [6.45, 7) is 2.13. The van der Waals surface area contributed by atoms with E-state index in [2.05, 4.69) is 6.92 Å². The van der Waals surface area contributed by atoms with Gasteiger partial charge >= 0.3 is 5.97 Å². The van der Waals surface area contributed by atoms with E-state index in [0.717, 1.165) is 38.5 Å². The average Bonchev–Trinajstić information content (AvgIpc) is 2.46. The van der Waals surface area contributed by atoms with Gasteiger partial charge in [-0.15, -0.1) is 0 Å². The topological polar surface area (TPSA) is 87.0 Å². The molecule has 0 aromatic rings. The molecule has 4 atom stereocenters. The molecule has 134 valence electrons. The van der Waals surface area contributed by atoms with E-state index in [0.29, 0.717) is 12.8 Å². The van der Waals surface area contributed by atoms with Crippen molar-refractivity contribution in [1.82, 2.24) is 0 Å². The van der Waals surface area contributed by atoms with Crippen LogP contribution in [0.5, 0.6) is 0 Å². The van der Waals surface area contributed by atoms with Crippen molar-refractivity contribution in [2.45, 2.75) is 95.5 Å². The second-order valence-electron chi connectivity index (χ2n) is 6.56. The molecular formula is C18H32O5. The van der Waals surface area contributed by atoms with E-state index in [1.54, 1.807) is 6.08 Å². The number of ether oxygens (including phenoxy) is 1. The molecule has 23 heavy (non-hydrogen) atoms. The zero-order chi connectivity index (χ0) is 17.1. The molecule has 1 unspecified atom stereocenters. The Morgan fingerprint density at radius 1 is 1.09 bits per heavy atom. The highest BCUT2D eigenvalue weighted by molar-refractivity contribution is 5.82. The lowest BCUT2D eigenvalue weighted by atomic mass is 9.98. The lowest BCUT2D eigenvalue weighted by Crippen LogP contribution is -2.24. The summed E-state index contributed by atoms with van der Waals surface area (Å²) in [6, 6.07) is 0. The number of aliphatic hydroxyl groups is 3. The second kappa shape index (κ2) is 11.6. The minimum absolute atomic E-state index is 0.122. The van der Waals surface area contributed by atoms with Crippen molar-refractivity contribution < 1.29 is 24.9 Å². The molecule has 1 heterocycles. The smallest absolute Gasteiger partial charge is 0.330 e. The first-order chi connectivity index (χ1) is 11.0. The van der Waals surface area contributed by atoms with E-state index in [-0.39, 0.29) is 24.9 Å². The Balaban J connectivity index is 2.61. The van der Waals surface area contributed by atoms with Gasteiger partial charge in [-0.05, 0) is 51.4 Å². The van der Waals surface area contributed by atoms with Gasteiger partial charge in [0, 0.05) is 6.08 Å². The molecule has 0 radical (unpaired) electrons. The van der Waals surface area contributed by atoms with E-state index in [1.165, 1.54) is 6.08 Å². The molecule has 0 fully saturated rings. The number of carbonyl (C=O) groups is 1. The van der Waals surface area contributed by atoms with Gasteiger partial charge in [0.1, 0.15) is 6.10 Å². The highest BCUT2D eigenvalue weighted by atomic mass is 16.5. The van der Waals surface area contributed by atoms with Crippen LogP contribution in [0, 0.1) is 0 Å². The van der Waals surface area contributed by atoms with Crippen molar-refractivity contribution in [3.63, 3.8) is 0 Å². The zero-order valence-electron chi connectivity index (χ0n) is 14.2. The van der Waals surface area contributed by atoms with Gasteiger partial charge in [0.2, 0.25) is 0 Å². The third kappa shape index (κ3) is 9.74. The van der Waals surface area contributed by atoms with Crippen LogP contribution in [-0.4, -0.2) is 45.7 Å². The van der Waals surface area contributed by atoms with Crippen LogP contribution >= 0.6 is 0 Å². The quantitative estimate of drug-likeness (QED) is 0.545. The summed E-state index contributed by atoms with van der Waals surface area (Å²) in [4.78, 5) is 11.8. The number of rotatable bonds is 4. The largest absolute Gasteiger partial charge is 0.459 e. The fourth-order valence-electron chi connectivity index (χ4n) is 2.93. The van der Waals surface area contributed by atoms with Crippen molar-refractivity contribution in [1.29, 1.82) is 0 Å². The van der Waals surface area contributed by atoms with E-state index in [1.807, 2.05) is 0 Å².